The van der Waals surface area contributed by atoms with E-state index in [0.29, 0.717) is 24.1 Å². The fourth-order valence-electron chi connectivity index (χ4n) is 3.72. The number of hydrogen-bond donors (Lipinski definition) is 1. The van der Waals surface area contributed by atoms with E-state index in [4.69, 9.17) is 15.1 Å². The van der Waals surface area contributed by atoms with Crippen LogP contribution in [0, 0.1) is 5.82 Å². The molecule has 2 aromatic heterocycles. The van der Waals surface area contributed by atoms with Crippen molar-refractivity contribution in [1.82, 2.24) is 19.7 Å². The van der Waals surface area contributed by atoms with Gasteiger partial charge in [-0.25, -0.2) is 19.0 Å². The number of fused-ring (bicyclic) bond motifs is 1. The third-order valence-electron chi connectivity index (χ3n) is 5.35. The van der Waals surface area contributed by atoms with E-state index >= 15 is 0 Å². The van der Waals surface area contributed by atoms with Crippen LogP contribution in [0.15, 0.2) is 90.1 Å². The van der Waals surface area contributed by atoms with Gasteiger partial charge in [-0.3, -0.25) is 0 Å². The number of halogens is 1. The van der Waals surface area contributed by atoms with Gasteiger partial charge in [0.1, 0.15) is 17.3 Å². The average Bonchev–Trinajstić information content (AvgIpc) is 3.23. The molecule has 164 valence electrons. The van der Waals surface area contributed by atoms with E-state index in [0.717, 1.165) is 33.4 Å². The molecule has 5 aromatic rings. The van der Waals surface area contributed by atoms with Gasteiger partial charge in [0.15, 0.2) is 10.8 Å². The maximum absolute atomic E-state index is 13.3. The first-order chi connectivity index (χ1) is 16.2. The summed E-state index contributed by atoms with van der Waals surface area (Å²) in [6.07, 6.45) is 1.96. The van der Waals surface area contributed by atoms with Crippen molar-refractivity contribution in [2.24, 2.45) is 0 Å². The largest absolute Gasteiger partial charge is 0.365 e. The normalized spacial score (nSPS) is 11.1. The average molecular weight is 456 g/mol. The fourth-order valence-corrected chi connectivity index (χ4v) is 4.08. The molecule has 33 heavy (non-hydrogen) atoms. The third-order valence-corrected chi connectivity index (χ3v) is 5.90. The van der Waals surface area contributed by atoms with Crippen molar-refractivity contribution in [3.63, 3.8) is 0 Å². The molecule has 0 fully saturated rings. The highest BCUT2D eigenvalue weighted by molar-refractivity contribution is 7.98. The number of aromatic nitrogens is 4. The highest BCUT2D eigenvalue weighted by Crippen LogP contribution is 2.33. The number of anilines is 1. The molecule has 0 aliphatic heterocycles. The fraction of sp³-hybridized carbons (Fsp3) is 0.115. The molecule has 5 nitrogen and oxygen atoms in total. The Morgan fingerprint density at radius 2 is 1.55 bits per heavy atom. The van der Waals surface area contributed by atoms with Gasteiger partial charge in [0, 0.05) is 12.1 Å². The van der Waals surface area contributed by atoms with Crippen molar-refractivity contribution in [3.05, 3.63) is 102 Å². The van der Waals surface area contributed by atoms with Gasteiger partial charge in [0.2, 0.25) is 0 Å². The van der Waals surface area contributed by atoms with Crippen molar-refractivity contribution in [3.8, 4) is 11.3 Å². The van der Waals surface area contributed by atoms with Gasteiger partial charge in [-0.1, -0.05) is 84.6 Å². The first-order valence-corrected chi connectivity index (χ1v) is 11.8. The maximum Gasteiger partial charge on any atom is 0.191 e. The van der Waals surface area contributed by atoms with E-state index in [9.17, 15) is 4.39 Å². The summed E-state index contributed by atoms with van der Waals surface area (Å²) in [5.74, 6) is 0.466. The Hall–Kier alpha value is -3.71. The van der Waals surface area contributed by atoms with Crippen LogP contribution < -0.4 is 5.32 Å². The van der Waals surface area contributed by atoms with Crippen LogP contribution in [0.3, 0.4) is 0 Å². The minimum Gasteiger partial charge on any atom is -0.365 e. The Kier molecular flexibility index (Phi) is 6.04. The van der Waals surface area contributed by atoms with Crippen LogP contribution in [0.4, 0.5) is 10.2 Å². The molecule has 3 aromatic carbocycles. The molecule has 7 heteroatoms. The zero-order valence-electron chi connectivity index (χ0n) is 18.1. The zero-order chi connectivity index (χ0) is 22.6. The van der Waals surface area contributed by atoms with Gasteiger partial charge in [0.05, 0.1) is 11.9 Å². The van der Waals surface area contributed by atoms with E-state index in [-0.39, 0.29) is 5.82 Å². The Bertz CT molecular complexity index is 1370. The number of rotatable bonds is 7. The van der Waals surface area contributed by atoms with Gasteiger partial charge in [-0.15, -0.1) is 0 Å². The molecule has 0 radical (unpaired) electrons. The van der Waals surface area contributed by atoms with Crippen molar-refractivity contribution in [1.29, 1.82) is 0 Å². The predicted octanol–water partition coefficient (Wildman–Crippen LogP) is 6.01. The van der Waals surface area contributed by atoms with E-state index in [2.05, 4.69) is 17.4 Å². The molecular formula is C26H22FN5S. The first-order valence-electron chi connectivity index (χ1n) is 10.6. The second-order valence-corrected chi connectivity index (χ2v) is 8.37. The summed E-state index contributed by atoms with van der Waals surface area (Å²) >= 11 is 1.49. The van der Waals surface area contributed by atoms with Crippen molar-refractivity contribution < 1.29 is 4.39 Å². The summed E-state index contributed by atoms with van der Waals surface area (Å²) in [4.78, 5) is 9.60. The number of nitrogens with one attached hydrogen (secondary N) is 1. The van der Waals surface area contributed by atoms with Gasteiger partial charge in [-0.2, -0.15) is 5.10 Å². The molecule has 1 N–H and O–H groups in total. The Morgan fingerprint density at radius 3 is 2.24 bits per heavy atom. The Labute approximate surface area is 195 Å². The molecule has 2 heterocycles. The van der Waals surface area contributed by atoms with Crippen LogP contribution in [0.1, 0.15) is 11.1 Å². The number of hydrogen-bond acceptors (Lipinski definition) is 5. The summed E-state index contributed by atoms with van der Waals surface area (Å²) in [6.45, 7) is 1.12. The summed E-state index contributed by atoms with van der Waals surface area (Å²) in [5, 5.41) is 9.96. The second kappa shape index (κ2) is 9.42. The van der Waals surface area contributed by atoms with Gasteiger partial charge < -0.3 is 5.32 Å². The summed E-state index contributed by atoms with van der Waals surface area (Å²) in [6, 6.07) is 26.8. The lowest BCUT2D eigenvalue weighted by Gasteiger charge is -2.10. The molecule has 5 rings (SSSR count). The predicted molar refractivity (Wildman–Crippen MR) is 132 cm³/mol. The SMILES string of the molecule is CSc1nc(NCc2ccc(F)cc2)c2c(-c3ccccc3)nn(Cc3ccccc3)c2n1. The smallest absolute Gasteiger partial charge is 0.191 e. The van der Waals surface area contributed by atoms with Crippen LogP contribution in [0.25, 0.3) is 22.3 Å². The number of benzene rings is 3. The molecule has 0 aliphatic rings. The van der Waals surface area contributed by atoms with Crippen molar-refractivity contribution in [2.75, 3.05) is 11.6 Å². The third kappa shape index (κ3) is 4.59. The lowest BCUT2D eigenvalue weighted by molar-refractivity contribution is 0.627. The van der Waals surface area contributed by atoms with E-state index in [1.54, 1.807) is 12.1 Å². The van der Waals surface area contributed by atoms with Gasteiger partial charge in [0.25, 0.3) is 0 Å². The van der Waals surface area contributed by atoms with Crippen molar-refractivity contribution >= 4 is 28.6 Å². The molecule has 0 amide bonds. The van der Waals surface area contributed by atoms with Crippen LogP contribution >= 0.6 is 11.8 Å². The quantitative estimate of drug-likeness (QED) is 0.240. The molecule has 0 bridgehead atoms. The van der Waals surface area contributed by atoms with Crippen LogP contribution in [-0.2, 0) is 13.1 Å². The maximum atomic E-state index is 13.3. The summed E-state index contributed by atoms with van der Waals surface area (Å²) < 4.78 is 15.3. The van der Waals surface area contributed by atoms with Crippen LogP contribution in [-0.4, -0.2) is 26.0 Å². The second-order valence-electron chi connectivity index (χ2n) is 7.60. The Balaban J connectivity index is 1.64. The standard InChI is InChI=1S/C26H22FN5S/c1-33-26-29-24(28-16-18-12-14-21(27)15-13-18)22-23(20-10-6-3-7-11-20)31-32(25(22)30-26)17-19-8-4-2-5-9-19/h2-15H,16-17H2,1H3,(H,28,29,30). The molecule has 0 atom stereocenters. The topological polar surface area (TPSA) is 55.6 Å². The number of nitrogens with zero attached hydrogens (tertiary/aromatic N) is 4. The molecule has 0 unspecified atom stereocenters. The van der Waals surface area contributed by atoms with Crippen molar-refractivity contribution in [2.45, 2.75) is 18.2 Å². The number of thioether (sulfide) groups is 1. The lowest BCUT2D eigenvalue weighted by atomic mass is 10.1. The molecule has 0 aliphatic carbocycles. The molecule has 0 spiro atoms. The first kappa shape index (κ1) is 21.2. The van der Waals surface area contributed by atoms with E-state index < -0.39 is 0 Å². The molecular weight excluding hydrogens is 433 g/mol. The van der Waals surface area contributed by atoms with Gasteiger partial charge in [-0.05, 0) is 29.5 Å². The monoisotopic (exact) mass is 455 g/mol. The van der Waals surface area contributed by atoms with Crippen LogP contribution in [0.2, 0.25) is 0 Å². The Morgan fingerprint density at radius 1 is 0.848 bits per heavy atom. The lowest BCUT2D eigenvalue weighted by Crippen LogP contribution is -2.06. The summed E-state index contributed by atoms with van der Waals surface area (Å²) in [7, 11) is 0. The summed E-state index contributed by atoms with van der Waals surface area (Å²) in [5.41, 5.74) is 4.72. The van der Waals surface area contributed by atoms with E-state index in [1.165, 1.54) is 23.9 Å². The van der Waals surface area contributed by atoms with Crippen LogP contribution in [0.5, 0.6) is 0 Å². The zero-order valence-corrected chi connectivity index (χ0v) is 18.9. The van der Waals surface area contributed by atoms with E-state index in [1.807, 2.05) is 59.5 Å². The highest BCUT2D eigenvalue weighted by Gasteiger charge is 2.20. The highest BCUT2D eigenvalue weighted by atomic mass is 32.2. The molecule has 0 saturated heterocycles. The molecule has 0 saturated carbocycles. The minimum absolute atomic E-state index is 0.249. The van der Waals surface area contributed by atoms with Gasteiger partial charge >= 0.3 is 0 Å². The minimum atomic E-state index is -0.249.